The van der Waals surface area contributed by atoms with E-state index in [0.717, 1.165) is 35.8 Å². The molecule has 0 bridgehead atoms. The Labute approximate surface area is 122 Å². The van der Waals surface area contributed by atoms with Gasteiger partial charge in [-0.1, -0.05) is 18.2 Å². The highest BCUT2D eigenvalue weighted by atomic mass is 19.1. The predicted octanol–water partition coefficient (Wildman–Crippen LogP) is 3.65. The fourth-order valence-electron chi connectivity index (χ4n) is 2.74. The van der Waals surface area contributed by atoms with Gasteiger partial charge in [-0.25, -0.2) is 8.78 Å². The van der Waals surface area contributed by atoms with Gasteiger partial charge in [0.15, 0.2) is 0 Å². The summed E-state index contributed by atoms with van der Waals surface area (Å²) in [6.45, 7) is 2.24. The van der Waals surface area contributed by atoms with Crippen LogP contribution in [-0.2, 0) is 6.42 Å². The third-order valence-corrected chi connectivity index (χ3v) is 3.91. The maximum Gasteiger partial charge on any atom is 0.131 e. The van der Waals surface area contributed by atoms with Gasteiger partial charge in [0.05, 0.1) is 12.6 Å². The van der Waals surface area contributed by atoms with Crippen LogP contribution in [0.4, 0.5) is 8.78 Å². The number of para-hydroxylation sites is 1. The summed E-state index contributed by atoms with van der Waals surface area (Å²) < 4.78 is 33.1. The molecule has 2 N–H and O–H groups in total. The van der Waals surface area contributed by atoms with Crippen LogP contribution in [-0.4, -0.2) is 6.61 Å². The standard InChI is InChI=1S/C17H17F2NO/c1-10-8-13(15(19)9-14(10)18)16(20)12-6-2-4-11-5-3-7-21-17(11)12/h2,4,6,8-9,16H,3,5,7,20H2,1H3. The van der Waals surface area contributed by atoms with E-state index < -0.39 is 17.7 Å². The molecular formula is C17H17F2NO. The fraction of sp³-hybridized carbons (Fsp3) is 0.294. The van der Waals surface area contributed by atoms with E-state index >= 15 is 0 Å². The van der Waals surface area contributed by atoms with Crippen molar-refractivity contribution in [1.82, 2.24) is 0 Å². The molecule has 1 heterocycles. The maximum atomic E-state index is 14.0. The zero-order valence-electron chi connectivity index (χ0n) is 11.8. The van der Waals surface area contributed by atoms with Gasteiger partial charge in [0.2, 0.25) is 0 Å². The minimum absolute atomic E-state index is 0.288. The van der Waals surface area contributed by atoms with E-state index in [9.17, 15) is 8.78 Å². The summed E-state index contributed by atoms with van der Waals surface area (Å²) in [5.74, 6) is -0.438. The molecule has 2 aromatic carbocycles. The second kappa shape index (κ2) is 5.45. The Bertz CT molecular complexity index is 685. The number of fused-ring (bicyclic) bond motifs is 1. The lowest BCUT2D eigenvalue weighted by Gasteiger charge is -2.24. The highest BCUT2D eigenvalue weighted by molar-refractivity contribution is 5.48. The van der Waals surface area contributed by atoms with Crippen molar-refractivity contribution in [3.05, 3.63) is 64.2 Å². The minimum Gasteiger partial charge on any atom is -0.493 e. The van der Waals surface area contributed by atoms with Gasteiger partial charge in [-0.05, 0) is 37.0 Å². The smallest absolute Gasteiger partial charge is 0.131 e. The van der Waals surface area contributed by atoms with Gasteiger partial charge >= 0.3 is 0 Å². The van der Waals surface area contributed by atoms with Gasteiger partial charge in [-0.3, -0.25) is 0 Å². The van der Waals surface area contributed by atoms with Crippen molar-refractivity contribution in [2.24, 2.45) is 5.73 Å². The van der Waals surface area contributed by atoms with E-state index in [-0.39, 0.29) is 5.56 Å². The average molecular weight is 289 g/mol. The van der Waals surface area contributed by atoms with Crippen molar-refractivity contribution in [2.45, 2.75) is 25.8 Å². The molecular weight excluding hydrogens is 272 g/mol. The second-order valence-electron chi connectivity index (χ2n) is 5.39. The highest BCUT2D eigenvalue weighted by Gasteiger charge is 2.22. The molecule has 0 saturated carbocycles. The summed E-state index contributed by atoms with van der Waals surface area (Å²) in [5, 5.41) is 0. The van der Waals surface area contributed by atoms with Gasteiger partial charge in [-0.15, -0.1) is 0 Å². The van der Waals surface area contributed by atoms with E-state index in [4.69, 9.17) is 10.5 Å². The molecule has 0 fully saturated rings. The molecule has 2 nitrogen and oxygen atoms in total. The van der Waals surface area contributed by atoms with Crippen LogP contribution in [0.5, 0.6) is 5.75 Å². The number of ether oxygens (including phenoxy) is 1. The van der Waals surface area contributed by atoms with Crippen molar-refractivity contribution in [1.29, 1.82) is 0 Å². The van der Waals surface area contributed by atoms with E-state index in [2.05, 4.69) is 0 Å². The molecule has 0 radical (unpaired) electrons. The van der Waals surface area contributed by atoms with Crippen LogP contribution in [0.25, 0.3) is 0 Å². The Morgan fingerprint density at radius 1 is 1.14 bits per heavy atom. The molecule has 0 aliphatic carbocycles. The van der Waals surface area contributed by atoms with Gasteiger partial charge in [0.1, 0.15) is 17.4 Å². The molecule has 1 unspecified atom stereocenters. The SMILES string of the molecule is Cc1cc(C(N)c2cccc3c2OCCC3)c(F)cc1F. The van der Waals surface area contributed by atoms with Gasteiger partial charge in [0, 0.05) is 17.2 Å². The third kappa shape index (κ3) is 2.51. The van der Waals surface area contributed by atoms with Crippen molar-refractivity contribution in [3.63, 3.8) is 0 Å². The Hall–Kier alpha value is -1.94. The molecule has 2 aromatic rings. The Kier molecular flexibility index (Phi) is 3.64. The molecule has 0 aromatic heterocycles. The number of halogens is 2. The number of aryl methyl sites for hydroxylation is 2. The lowest BCUT2D eigenvalue weighted by molar-refractivity contribution is 0.284. The van der Waals surface area contributed by atoms with E-state index in [1.54, 1.807) is 6.92 Å². The first-order chi connectivity index (χ1) is 10.1. The number of rotatable bonds is 2. The van der Waals surface area contributed by atoms with Gasteiger partial charge < -0.3 is 10.5 Å². The van der Waals surface area contributed by atoms with E-state index in [1.165, 1.54) is 6.07 Å². The molecule has 1 atom stereocenters. The van der Waals surface area contributed by atoms with Gasteiger partial charge in [0.25, 0.3) is 0 Å². The van der Waals surface area contributed by atoms with Crippen molar-refractivity contribution >= 4 is 0 Å². The second-order valence-corrected chi connectivity index (χ2v) is 5.39. The van der Waals surface area contributed by atoms with Crippen LogP contribution in [0.2, 0.25) is 0 Å². The molecule has 1 aliphatic heterocycles. The van der Waals surface area contributed by atoms with E-state index in [1.807, 2.05) is 18.2 Å². The van der Waals surface area contributed by atoms with Crippen molar-refractivity contribution in [3.8, 4) is 5.75 Å². The Morgan fingerprint density at radius 3 is 2.76 bits per heavy atom. The maximum absolute atomic E-state index is 14.0. The summed E-state index contributed by atoms with van der Waals surface area (Å²) in [7, 11) is 0. The summed E-state index contributed by atoms with van der Waals surface area (Å²) >= 11 is 0. The quantitative estimate of drug-likeness (QED) is 0.916. The molecule has 4 heteroatoms. The number of hydrogen-bond donors (Lipinski definition) is 1. The Balaban J connectivity index is 2.07. The van der Waals surface area contributed by atoms with Crippen LogP contribution in [0.3, 0.4) is 0 Å². The van der Waals surface area contributed by atoms with Crippen molar-refractivity contribution < 1.29 is 13.5 Å². The average Bonchev–Trinajstić information content (AvgIpc) is 2.49. The van der Waals surface area contributed by atoms with Crippen LogP contribution in [0.15, 0.2) is 30.3 Å². The number of nitrogens with two attached hydrogens (primary N) is 1. The minimum atomic E-state index is -0.669. The summed E-state index contributed by atoms with van der Waals surface area (Å²) in [6, 6.07) is 7.43. The predicted molar refractivity (Wildman–Crippen MR) is 77.4 cm³/mol. The van der Waals surface area contributed by atoms with Crippen LogP contribution < -0.4 is 10.5 Å². The Morgan fingerprint density at radius 2 is 1.95 bits per heavy atom. The lowest BCUT2D eigenvalue weighted by atomic mass is 9.93. The normalized spacial score (nSPS) is 15.2. The van der Waals surface area contributed by atoms with Crippen molar-refractivity contribution in [2.75, 3.05) is 6.61 Å². The van der Waals surface area contributed by atoms with E-state index in [0.29, 0.717) is 12.2 Å². The zero-order valence-corrected chi connectivity index (χ0v) is 11.8. The lowest BCUT2D eigenvalue weighted by Crippen LogP contribution is -2.18. The highest BCUT2D eigenvalue weighted by Crippen LogP contribution is 2.35. The summed E-state index contributed by atoms with van der Waals surface area (Å²) in [6.07, 6.45) is 1.90. The van der Waals surface area contributed by atoms with Crippen LogP contribution in [0.1, 0.15) is 34.7 Å². The summed E-state index contributed by atoms with van der Waals surface area (Å²) in [4.78, 5) is 0. The number of hydrogen-bond acceptors (Lipinski definition) is 2. The van der Waals surface area contributed by atoms with Crippen LogP contribution >= 0.6 is 0 Å². The molecule has 0 saturated heterocycles. The first-order valence-corrected chi connectivity index (χ1v) is 7.03. The molecule has 3 rings (SSSR count). The molecule has 0 spiro atoms. The monoisotopic (exact) mass is 289 g/mol. The van der Waals surface area contributed by atoms with Crippen LogP contribution in [0, 0.1) is 18.6 Å². The molecule has 0 amide bonds. The largest absolute Gasteiger partial charge is 0.493 e. The molecule has 21 heavy (non-hydrogen) atoms. The molecule has 110 valence electrons. The number of benzene rings is 2. The van der Waals surface area contributed by atoms with Gasteiger partial charge in [-0.2, -0.15) is 0 Å². The fourth-order valence-corrected chi connectivity index (χ4v) is 2.74. The topological polar surface area (TPSA) is 35.2 Å². The summed E-state index contributed by atoms with van der Waals surface area (Å²) in [5.41, 5.74) is 8.73. The molecule has 1 aliphatic rings. The zero-order chi connectivity index (χ0) is 15.0. The first-order valence-electron chi connectivity index (χ1n) is 7.03. The first kappa shape index (κ1) is 14.0. The third-order valence-electron chi connectivity index (χ3n) is 3.91.